The Morgan fingerprint density at radius 3 is 1.92 bits per heavy atom. The zero-order chi connectivity index (χ0) is 10.4. The van der Waals surface area contributed by atoms with Crippen LogP contribution < -0.4 is 0 Å². The Labute approximate surface area is 75.9 Å². The molecule has 0 amide bonds. The van der Waals surface area contributed by atoms with E-state index in [1.165, 1.54) is 0 Å². The van der Waals surface area contributed by atoms with Crippen molar-refractivity contribution in [2.45, 2.75) is 0 Å². The number of halogens is 5. The van der Waals surface area contributed by atoms with Gasteiger partial charge >= 0.3 is 0 Å². The van der Waals surface area contributed by atoms with Crippen LogP contribution in [0.25, 0.3) is 0 Å². The van der Waals surface area contributed by atoms with Crippen LogP contribution in [0.2, 0.25) is 5.02 Å². The molecule has 0 N–H and O–H groups in total. The highest BCUT2D eigenvalue weighted by Gasteiger charge is 2.09. The van der Waals surface area contributed by atoms with E-state index in [2.05, 4.69) is 0 Å². The minimum Gasteiger partial charge on any atom is -0.265 e. The molecule has 0 aliphatic carbocycles. The maximum absolute atomic E-state index is 12.2. The van der Waals surface area contributed by atoms with Gasteiger partial charge in [-0.1, -0.05) is 11.6 Å². The van der Waals surface area contributed by atoms with Crippen molar-refractivity contribution in [3.8, 4) is 0 Å². The molecule has 0 saturated heterocycles. The number of hydrogen-bond acceptors (Lipinski definition) is 1. The molecule has 1 nitrogen and oxygen atoms in total. The van der Waals surface area contributed by atoms with E-state index in [4.69, 9.17) is 16.4 Å². The zero-order valence-corrected chi connectivity index (χ0v) is 6.79. The van der Waals surface area contributed by atoms with Gasteiger partial charge in [0.25, 0.3) is 6.54 Å². The van der Waals surface area contributed by atoms with Crippen molar-refractivity contribution >= 4 is 18.1 Å². The first-order valence-corrected chi connectivity index (χ1v) is 3.25. The average molecular weight is 215 g/mol. The first-order valence-electron chi connectivity index (χ1n) is 2.87. The van der Waals surface area contributed by atoms with Crippen molar-refractivity contribution in [3.05, 3.63) is 34.6 Å². The van der Waals surface area contributed by atoms with Crippen LogP contribution in [0.15, 0.2) is 12.1 Å². The molecule has 0 atom stereocenters. The van der Waals surface area contributed by atoms with Crippen LogP contribution in [0, 0.1) is 17.5 Å². The van der Waals surface area contributed by atoms with Crippen LogP contribution in [0.4, 0.5) is 17.6 Å². The lowest BCUT2D eigenvalue weighted by Crippen LogP contribution is -1.87. The predicted octanol–water partition coefficient (Wildman–Crippen LogP) is 2.90. The Hall–Kier alpha value is -1.10. The third-order valence-electron chi connectivity index (χ3n) is 0.988. The van der Waals surface area contributed by atoms with Gasteiger partial charge in [-0.25, -0.2) is 13.2 Å². The van der Waals surface area contributed by atoms with Gasteiger partial charge in [-0.3, -0.25) is 4.79 Å². The molecule has 1 aromatic carbocycles. The molecule has 0 unspecified atom stereocenters. The van der Waals surface area contributed by atoms with Crippen molar-refractivity contribution in [1.29, 1.82) is 0 Å². The van der Waals surface area contributed by atoms with Crippen LogP contribution in [0.5, 0.6) is 0 Å². The Morgan fingerprint density at radius 1 is 1.15 bits per heavy atom. The number of benzene rings is 1. The first kappa shape index (κ1) is 11.9. The summed E-state index contributed by atoms with van der Waals surface area (Å²) in [7, 11) is 0. The van der Waals surface area contributed by atoms with Gasteiger partial charge in [0.05, 0.1) is 0 Å². The molecule has 0 saturated carbocycles. The average Bonchev–Trinajstić information content (AvgIpc) is 2.10. The summed E-state index contributed by atoms with van der Waals surface area (Å²) in [6, 6.07) is 1.44. The van der Waals surface area contributed by atoms with Crippen molar-refractivity contribution in [2.24, 2.45) is 0 Å². The molecule has 0 aromatic heterocycles. The van der Waals surface area contributed by atoms with E-state index in [-0.39, 0.29) is 0 Å². The molecule has 1 rings (SSSR count). The summed E-state index contributed by atoms with van der Waals surface area (Å²) < 4.78 is 46.2. The Balaban J connectivity index is 0.000000424. The Bertz CT molecular complexity index is 276. The van der Waals surface area contributed by atoms with E-state index in [9.17, 15) is 17.6 Å². The van der Waals surface area contributed by atoms with Crippen LogP contribution >= 0.6 is 11.6 Å². The smallest absolute Gasteiger partial charge is 0.265 e. The standard InChI is InChI=1S/C6H2ClF3.CHFO/c7-5-3(8)1-2-4(9)6(5)10;2-1-3/h1-2H;1H. The van der Waals surface area contributed by atoms with E-state index in [0.29, 0.717) is 6.07 Å². The molecule has 0 aliphatic rings. The second kappa shape index (κ2) is 5.53. The fourth-order valence-electron chi connectivity index (χ4n) is 0.502. The molecule has 0 aliphatic heterocycles. The summed E-state index contributed by atoms with van der Waals surface area (Å²) in [5.74, 6) is -3.45. The molecule has 0 spiro atoms. The third-order valence-corrected chi connectivity index (χ3v) is 1.33. The fraction of sp³-hybridized carbons (Fsp3) is 0. The Kier molecular flexibility index (Phi) is 5.06. The summed E-state index contributed by atoms with van der Waals surface area (Å²) >= 11 is 4.99. The van der Waals surface area contributed by atoms with E-state index in [1.54, 1.807) is 0 Å². The number of rotatable bonds is 0. The molecular weight excluding hydrogens is 212 g/mol. The monoisotopic (exact) mass is 214 g/mol. The van der Waals surface area contributed by atoms with Crippen molar-refractivity contribution in [2.75, 3.05) is 0 Å². The van der Waals surface area contributed by atoms with Gasteiger partial charge in [-0.15, -0.1) is 0 Å². The summed E-state index contributed by atoms with van der Waals surface area (Å²) in [5, 5.41) is -0.806. The summed E-state index contributed by atoms with van der Waals surface area (Å²) in [5.41, 5.74) is 0. The largest absolute Gasteiger partial charge is 0.289 e. The number of carbonyl (C=O) groups excluding carboxylic acids is 1. The quantitative estimate of drug-likeness (QED) is 0.213. The molecule has 0 fully saturated rings. The normalized spacial score (nSPS) is 8.69. The maximum atomic E-state index is 12.2. The third kappa shape index (κ3) is 3.42. The summed E-state index contributed by atoms with van der Waals surface area (Å²) in [6.45, 7) is -0.750. The first-order chi connectivity index (χ1) is 6.04. The zero-order valence-electron chi connectivity index (χ0n) is 6.03. The van der Waals surface area contributed by atoms with Gasteiger partial charge in [0.1, 0.15) is 10.8 Å². The molecule has 1 aromatic rings. The van der Waals surface area contributed by atoms with Crippen LogP contribution in [-0.4, -0.2) is 6.54 Å². The van der Waals surface area contributed by atoms with Gasteiger partial charge in [0, 0.05) is 0 Å². The second-order valence-corrected chi connectivity index (χ2v) is 2.12. The van der Waals surface area contributed by atoms with E-state index in [0.717, 1.165) is 6.07 Å². The van der Waals surface area contributed by atoms with Gasteiger partial charge in [-0.05, 0) is 12.1 Å². The summed E-state index contributed by atoms with van der Waals surface area (Å²) in [6.07, 6.45) is 0. The van der Waals surface area contributed by atoms with Crippen molar-refractivity contribution in [1.82, 2.24) is 0 Å². The van der Waals surface area contributed by atoms with Crippen LogP contribution in [0.1, 0.15) is 0 Å². The van der Waals surface area contributed by atoms with E-state index < -0.39 is 29.0 Å². The molecule has 72 valence electrons. The molecule has 0 heterocycles. The highest BCUT2D eigenvalue weighted by atomic mass is 35.5. The second-order valence-electron chi connectivity index (χ2n) is 1.75. The highest BCUT2D eigenvalue weighted by Crippen LogP contribution is 2.20. The van der Waals surface area contributed by atoms with Crippen molar-refractivity contribution < 1.29 is 22.4 Å². The topological polar surface area (TPSA) is 17.1 Å². The molecule has 13 heavy (non-hydrogen) atoms. The van der Waals surface area contributed by atoms with Crippen LogP contribution in [0.3, 0.4) is 0 Å². The SMILES string of the molecule is Fc1ccc(F)c(Cl)c1F.O=CF. The molecule has 0 radical (unpaired) electrons. The Morgan fingerprint density at radius 2 is 1.54 bits per heavy atom. The highest BCUT2D eigenvalue weighted by molar-refractivity contribution is 6.30. The van der Waals surface area contributed by atoms with Gasteiger partial charge in [0.2, 0.25) is 0 Å². The number of carbonyl (C=O) groups is 1. The maximum Gasteiger partial charge on any atom is 0.289 e. The lowest BCUT2D eigenvalue weighted by atomic mass is 10.3. The minimum atomic E-state index is -1.35. The fourth-order valence-corrected chi connectivity index (χ4v) is 0.656. The van der Waals surface area contributed by atoms with Crippen LogP contribution in [-0.2, 0) is 4.79 Å². The van der Waals surface area contributed by atoms with Gasteiger partial charge in [0.15, 0.2) is 11.6 Å². The van der Waals surface area contributed by atoms with Gasteiger partial charge < -0.3 is 0 Å². The minimum absolute atomic E-state index is 0.677. The molecule has 0 bridgehead atoms. The lowest BCUT2D eigenvalue weighted by Gasteiger charge is -1.94. The predicted molar refractivity (Wildman–Crippen MR) is 39.2 cm³/mol. The van der Waals surface area contributed by atoms with E-state index >= 15 is 0 Å². The molecular formula is C7H3ClF4O. The lowest BCUT2D eigenvalue weighted by molar-refractivity contribution is 0.495. The summed E-state index contributed by atoms with van der Waals surface area (Å²) in [4.78, 5) is 8.14. The van der Waals surface area contributed by atoms with E-state index in [1.807, 2.05) is 0 Å². The van der Waals surface area contributed by atoms with Gasteiger partial charge in [-0.2, -0.15) is 4.39 Å². The van der Waals surface area contributed by atoms with Crippen molar-refractivity contribution in [3.63, 3.8) is 0 Å². The number of hydrogen-bond donors (Lipinski definition) is 0. The molecule has 6 heteroatoms.